The Bertz CT molecular complexity index is 924. The highest BCUT2D eigenvalue weighted by molar-refractivity contribution is 5.78. The summed E-state index contributed by atoms with van der Waals surface area (Å²) in [6, 6.07) is 12.1. The number of hydrogen-bond donors (Lipinski definition) is 5. The number of carbonyl (C=O) groups excluding carboxylic acids is 1. The van der Waals surface area contributed by atoms with Crippen LogP contribution in [0.5, 0.6) is 11.5 Å². The van der Waals surface area contributed by atoms with E-state index in [1.54, 1.807) is 0 Å². The number of hydrogen-bond acceptors (Lipinski definition) is 7. The number of nitrogens with one attached hydrogen (secondary N) is 2. The van der Waals surface area contributed by atoms with Crippen LogP contribution in [-0.4, -0.2) is 77.6 Å². The Hall–Kier alpha value is -2.65. The Kier molecular flexibility index (Phi) is 9.29. The second-order valence-corrected chi connectivity index (χ2v) is 9.54. The van der Waals surface area contributed by atoms with Gasteiger partial charge in [0.2, 0.25) is 5.91 Å². The van der Waals surface area contributed by atoms with E-state index < -0.39 is 6.10 Å². The van der Waals surface area contributed by atoms with Crippen molar-refractivity contribution in [2.75, 3.05) is 45.9 Å². The molecule has 1 aliphatic heterocycles. The Labute approximate surface area is 201 Å². The molecule has 186 valence electrons. The number of β-amino-alcohol motifs (C(OH)–C–C–N with tert-alkyl or cyclic N) is 1. The molecule has 5 N–H and O–H groups in total. The van der Waals surface area contributed by atoms with E-state index in [-0.39, 0.29) is 29.5 Å². The standard InChI is InChI=1S/C26H37N3O5/c1-26(2,28-18-24(32)21-14-22(30)16-23(31)15-21)17-20-5-3-4-19(12-20)13-25(33)27-6-7-29-8-10-34-11-9-29/h3-5,12,14-16,24,28,30-32H,6-11,13,17-18H2,1-2H3,(H,27,33). The fraction of sp³-hybridized carbons (Fsp3) is 0.500. The first-order valence-electron chi connectivity index (χ1n) is 11.8. The van der Waals surface area contributed by atoms with Crippen LogP contribution >= 0.6 is 0 Å². The van der Waals surface area contributed by atoms with Gasteiger partial charge in [-0.05, 0) is 49.1 Å². The van der Waals surface area contributed by atoms with Crippen LogP contribution in [0.2, 0.25) is 0 Å². The second kappa shape index (κ2) is 12.2. The van der Waals surface area contributed by atoms with Crippen LogP contribution < -0.4 is 10.6 Å². The van der Waals surface area contributed by atoms with E-state index in [1.165, 1.54) is 18.2 Å². The van der Waals surface area contributed by atoms with Gasteiger partial charge in [-0.2, -0.15) is 0 Å². The van der Waals surface area contributed by atoms with Gasteiger partial charge in [-0.3, -0.25) is 9.69 Å². The number of nitrogens with zero attached hydrogens (tertiary/aromatic N) is 1. The zero-order valence-corrected chi connectivity index (χ0v) is 20.1. The normalized spacial score (nSPS) is 15.7. The predicted molar refractivity (Wildman–Crippen MR) is 131 cm³/mol. The van der Waals surface area contributed by atoms with Gasteiger partial charge in [0, 0.05) is 44.3 Å². The smallest absolute Gasteiger partial charge is 0.224 e. The molecule has 34 heavy (non-hydrogen) atoms. The summed E-state index contributed by atoms with van der Waals surface area (Å²) >= 11 is 0. The molecule has 1 atom stereocenters. The molecular weight excluding hydrogens is 434 g/mol. The van der Waals surface area contributed by atoms with Crippen molar-refractivity contribution < 1.29 is 24.9 Å². The lowest BCUT2D eigenvalue weighted by Crippen LogP contribution is -2.43. The van der Waals surface area contributed by atoms with Gasteiger partial charge in [0.05, 0.1) is 25.7 Å². The van der Waals surface area contributed by atoms with Gasteiger partial charge in [-0.25, -0.2) is 0 Å². The Balaban J connectivity index is 1.46. The van der Waals surface area contributed by atoms with Crippen LogP contribution in [0.3, 0.4) is 0 Å². The lowest BCUT2D eigenvalue weighted by molar-refractivity contribution is -0.120. The average molecular weight is 472 g/mol. The van der Waals surface area contributed by atoms with Crippen molar-refractivity contribution in [2.45, 2.75) is 38.3 Å². The summed E-state index contributed by atoms with van der Waals surface area (Å²) in [5.41, 5.74) is 2.19. The first kappa shape index (κ1) is 26.0. The number of amides is 1. The van der Waals surface area contributed by atoms with Gasteiger partial charge in [0.15, 0.2) is 0 Å². The van der Waals surface area contributed by atoms with Crippen molar-refractivity contribution in [3.63, 3.8) is 0 Å². The minimum absolute atomic E-state index is 0.0142. The number of ether oxygens (including phenoxy) is 1. The highest BCUT2D eigenvalue weighted by Gasteiger charge is 2.21. The highest BCUT2D eigenvalue weighted by atomic mass is 16.5. The van der Waals surface area contributed by atoms with Crippen LogP contribution in [0.15, 0.2) is 42.5 Å². The number of aliphatic hydroxyl groups excluding tert-OH is 1. The minimum Gasteiger partial charge on any atom is -0.508 e. The Morgan fingerprint density at radius 3 is 2.47 bits per heavy atom. The topological polar surface area (TPSA) is 114 Å². The summed E-state index contributed by atoms with van der Waals surface area (Å²) in [6.07, 6.45) is 0.173. The Morgan fingerprint density at radius 2 is 1.76 bits per heavy atom. The van der Waals surface area contributed by atoms with Gasteiger partial charge in [0.1, 0.15) is 11.5 Å². The van der Waals surface area contributed by atoms with E-state index in [0.717, 1.165) is 44.0 Å². The van der Waals surface area contributed by atoms with E-state index in [4.69, 9.17) is 4.74 Å². The molecule has 0 aromatic heterocycles. The molecule has 1 unspecified atom stereocenters. The fourth-order valence-corrected chi connectivity index (χ4v) is 4.15. The van der Waals surface area contributed by atoms with Crippen molar-refractivity contribution >= 4 is 5.91 Å². The van der Waals surface area contributed by atoms with Crippen LogP contribution in [0.25, 0.3) is 0 Å². The van der Waals surface area contributed by atoms with Gasteiger partial charge in [0.25, 0.3) is 0 Å². The van der Waals surface area contributed by atoms with Crippen molar-refractivity contribution in [3.05, 3.63) is 59.2 Å². The molecule has 8 nitrogen and oxygen atoms in total. The van der Waals surface area contributed by atoms with Crippen molar-refractivity contribution in [1.82, 2.24) is 15.5 Å². The molecule has 8 heteroatoms. The zero-order valence-electron chi connectivity index (χ0n) is 20.1. The minimum atomic E-state index is -0.871. The first-order valence-corrected chi connectivity index (χ1v) is 11.8. The number of morpholine rings is 1. The number of aromatic hydroxyl groups is 2. The molecular formula is C26H37N3O5. The molecule has 3 rings (SSSR count). The molecule has 2 aromatic carbocycles. The maximum atomic E-state index is 12.4. The van der Waals surface area contributed by atoms with E-state index in [1.807, 2.05) is 32.0 Å². The van der Waals surface area contributed by atoms with Crippen LogP contribution in [0, 0.1) is 0 Å². The summed E-state index contributed by atoms with van der Waals surface area (Å²) in [6.45, 7) is 9.16. The SMILES string of the molecule is CC(C)(Cc1cccc(CC(=O)NCCN2CCOCC2)c1)NCC(O)c1cc(O)cc(O)c1. The summed E-state index contributed by atoms with van der Waals surface area (Å²) in [5.74, 6) is -0.161. The number of phenols is 2. The number of aliphatic hydroxyl groups is 1. The predicted octanol–water partition coefficient (Wildman–Crippen LogP) is 1.73. The Morgan fingerprint density at radius 1 is 1.09 bits per heavy atom. The number of phenolic OH excluding ortho intramolecular Hbond substituents is 2. The highest BCUT2D eigenvalue weighted by Crippen LogP contribution is 2.25. The number of carbonyl (C=O) groups is 1. The lowest BCUT2D eigenvalue weighted by Gasteiger charge is -2.28. The third kappa shape index (κ3) is 8.61. The van der Waals surface area contributed by atoms with E-state index in [9.17, 15) is 20.1 Å². The third-order valence-corrected chi connectivity index (χ3v) is 5.94. The fourth-order valence-electron chi connectivity index (χ4n) is 4.15. The van der Waals surface area contributed by atoms with E-state index in [2.05, 4.69) is 21.6 Å². The molecule has 1 saturated heterocycles. The molecule has 0 spiro atoms. The second-order valence-electron chi connectivity index (χ2n) is 9.54. The van der Waals surface area contributed by atoms with E-state index >= 15 is 0 Å². The molecule has 2 aromatic rings. The van der Waals surface area contributed by atoms with Crippen LogP contribution in [0.1, 0.15) is 36.6 Å². The maximum absolute atomic E-state index is 12.4. The largest absolute Gasteiger partial charge is 0.508 e. The van der Waals surface area contributed by atoms with E-state index in [0.29, 0.717) is 24.9 Å². The quantitative estimate of drug-likeness (QED) is 0.339. The number of rotatable bonds is 11. The van der Waals surface area contributed by atoms with Crippen molar-refractivity contribution in [2.24, 2.45) is 0 Å². The van der Waals surface area contributed by atoms with Gasteiger partial charge >= 0.3 is 0 Å². The van der Waals surface area contributed by atoms with Crippen LogP contribution in [0.4, 0.5) is 0 Å². The molecule has 0 bridgehead atoms. The molecule has 0 radical (unpaired) electrons. The average Bonchev–Trinajstić information content (AvgIpc) is 2.77. The van der Waals surface area contributed by atoms with Gasteiger partial charge in [-0.1, -0.05) is 24.3 Å². The molecule has 0 saturated carbocycles. The molecule has 0 aliphatic carbocycles. The molecule has 1 aliphatic rings. The summed E-state index contributed by atoms with van der Waals surface area (Å²) in [4.78, 5) is 14.7. The lowest BCUT2D eigenvalue weighted by atomic mass is 9.93. The molecule has 1 amide bonds. The van der Waals surface area contributed by atoms with Crippen molar-refractivity contribution in [1.29, 1.82) is 0 Å². The van der Waals surface area contributed by atoms with Crippen LogP contribution in [-0.2, 0) is 22.4 Å². The monoisotopic (exact) mass is 471 g/mol. The van der Waals surface area contributed by atoms with Crippen molar-refractivity contribution in [3.8, 4) is 11.5 Å². The summed E-state index contributed by atoms with van der Waals surface area (Å²) < 4.78 is 5.34. The third-order valence-electron chi connectivity index (χ3n) is 5.94. The number of benzene rings is 2. The summed E-state index contributed by atoms with van der Waals surface area (Å²) in [7, 11) is 0. The van der Waals surface area contributed by atoms with Gasteiger partial charge < -0.3 is 30.7 Å². The maximum Gasteiger partial charge on any atom is 0.224 e. The molecule has 1 fully saturated rings. The summed E-state index contributed by atoms with van der Waals surface area (Å²) in [5, 5.41) is 36.1. The first-order chi connectivity index (χ1) is 16.2. The zero-order chi connectivity index (χ0) is 24.6. The van der Waals surface area contributed by atoms with Gasteiger partial charge in [-0.15, -0.1) is 0 Å². The molecule has 1 heterocycles.